The van der Waals surface area contributed by atoms with E-state index in [1.807, 2.05) is 36.0 Å². The number of aromatic nitrogens is 1. The maximum absolute atomic E-state index is 11.9. The zero-order chi connectivity index (χ0) is 11.5. The monoisotopic (exact) mass is 220 g/mol. The Labute approximate surface area is 92.9 Å². The average molecular weight is 220 g/mol. The highest BCUT2D eigenvalue weighted by Crippen LogP contribution is 2.16. The second kappa shape index (κ2) is 4.35. The van der Waals surface area contributed by atoms with E-state index in [-0.39, 0.29) is 12.5 Å². The van der Waals surface area contributed by atoms with E-state index in [0.29, 0.717) is 5.56 Å². The van der Waals surface area contributed by atoms with E-state index < -0.39 is 6.67 Å². The summed E-state index contributed by atoms with van der Waals surface area (Å²) in [6, 6.07) is 7.43. The third-order valence-electron chi connectivity index (χ3n) is 2.53. The molecule has 1 N–H and O–H groups in total. The number of halogens is 1. The molecule has 1 aromatic carbocycles. The van der Waals surface area contributed by atoms with Crippen molar-refractivity contribution in [3.8, 4) is 0 Å². The zero-order valence-corrected chi connectivity index (χ0v) is 9.03. The summed E-state index contributed by atoms with van der Waals surface area (Å²) in [5, 5.41) is 3.59. The lowest BCUT2D eigenvalue weighted by Gasteiger charge is -2.03. The predicted octanol–water partition coefficient (Wildman–Crippen LogP) is 1.88. The molecule has 0 saturated carbocycles. The summed E-state index contributed by atoms with van der Waals surface area (Å²) in [6.45, 7) is -0.484. The van der Waals surface area contributed by atoms with Gasteiger partial charge in [-0.1, -0.05) is 6.07 Å². The molecular formula is C12H13FN2O. The number of benzene rings is 1. The van der Waals surface area contributed by atoms with E-state index in [4.69, 9.17) is 0 Å². The summed E-state index contributed by atoms with van der Waals surface area (Å²) in [6.07, 6.45) is 1.94. The van der Waals surface area contributed by atoms with Crippen molar-refractivity contribution in [1.29, 1.82) is 0 Å². The lowest BCUT2D eigenvalue weighted by Crippen LogP contribution is -2.25. The number of amides is 1. The maximum Gasteiger partial charge on any atom is 0.251 e. The largest absolute Gasteiger partial charge is 0.351 e. The van der Waals surface area contributed by atoms with Crippen molar-refractivity contribution < 1.29 is 9.18 Å². The Balaban J connectivity index is 2.31. The SMILES string of the molecule is Cn1ccc2ccc(C(=O)NCCF)cc21. The van der Waals surface area contributed by atoms with Gasteiger partial charge in [-0.05, 0) is 23.6 Å². The Bertz CT molecular complexity index is 519. The summed E-state index contributed by atoms with van der Waals surface area (Å²) in [5.74, 6) is -0.235. The molecule has 16 heavy (non-hydrogen) atoms. The van der Waals surface area contributed by atoms with Gasteiger partial charge < -0.3 is 9.88 Å². The summed E-state index contributed by atoms with van der Waals surface area (Å²) in [5.41, 5.74) is 1.55. The molecule has 0 spiro atoms. The number of nitrogens with zero attached hydrogens (tertiary/aromatic N) is 1. The molecule has 0 aliphatic carbocycles. The number of alkyl halides is 1. The normalized spacial score (nSPS) is 10.6. The van der Waals surface area contributed by atoms with Crippen LogP contribution in [-0.2, 0) is 7.05 Å². The number of aryl methyl sites for hydroxylation is 1. The quantitative estimate of drug-likeness (QED) is 0.842. The van der Waals surface area contributed by atoms with Crippen LogP contribution in [0.15, 0.2) is 30.5 Å². The average Bonchev–Trinajstić information content (AvgIpc) is 2.67. The smallest absolute Gasteiger partial charge is 0.251 e. The van der Waals surface area contributed by atoms with Crippen molar-refractivity contribution in [1.82, 2.24) is 9.88 Å². The van der Waals surface area contributed by atoms with Crippen LogP contribution < -0.4 is 5.32 Å². The molecule has 0 fully saturated rings. The standard InChI is InChI=1S/C12H13FN2O/c1-15-7-4-9-2-3-10(8-11(9)15)12(16)14-6-5-13/h2-4,7-8H,5-6H2,1H3,(H,14,16). The minimum absolute atomic E-state index is 0.0595. The van der Waals surface area contributed by atoms with E-state index in [9.17, 15) is 9.18 Å². The fourth-order valence-corrected chi connectivity index (χ4v) is 1.67. The van der Waals surface area contributed by atoms with Gasteiger partial charge in [0.05, 0.1) is 0 Å². The third kappa shape index (κ3) is 1.91. The molecule has 1 amide bonds. The van der Waals surface area contributed by atoms with Gasteiger partial charge in [0, 0.05) is 30.9 Å². The Kier molecular flexibility index (Phi) is 2.90. The van der Waals surface area contributed by atoms with Gasteiger partial charge in [-0.2, -0.15) is 0 Å². The fourth-order valence-electron chi connectivity index (χ4n) is 1.67. The topological polar surface area (TPSA) is 34.0 Å². The summed E-state index contributed by atoms with van der Waals surface area (Å²) in [4.78, 5) is 11.6. The molecule has 0 unspecified atom stereocenters. The molecule has 0 radical (unpaired) electrons. The van der Waals surface area contributed by atoms with Crippen molar-refractivity contribution >= 4 is 16.8 Å². The van der Waals surface area contributed by atoms with Gasteiger partial charge in [0.25, 0.3) is 5.91 Å². The van der Waals surface area contributed by atoms with E-state index >= 15 is 0 Å². The van der Waals surface area contributed by atoms with Gasteiger partial charge in [0.2, 0.25) is 0 Å². The van der Waals surface area contributed by atoms with Gasteiger partial charge >= 0.3 is 0 Å². The van der Waals surface area contributed by atoms with E-state index in [1.165, 1.54) is 0 Å². The Morgan fingerprint density at radius 3 is 3.00 bits per heavy atom. The van der Waals surface area contributed by atoms with Gasteiger partial charge in [-0.25, -0.2) is 4.39 Å². The van der Waals surface area contributed by atoms with Gasteiger partial charge in [-0.3, -0.25) is 4.79 Å². The fraction of sp³-hybridized carbons (Fsp3) is 0.250. The molecule has 1 aromatic heterocycles. The van der Waals surface area contributed by atoms with Crippen LogP contribution in [0.5, 0.6) is 0 Å². The Hall–Kier alpha value is -1.84. The molecule has 2 aromatic rings. The minimum atomic E-state index is -0.544. The van der Waals surface area contributed by atoms with Crippen molar-refractivity contribution in [3.05, 3.63) is 36.0 Å². The highest BCUT2D eigenvalue weighted by Gasteiger charge is 2.06. The van der Waals surface area contributed by atoms with Crippen molar-refractivity contribution in [3.63, 3.8) is 0 Å². The summed E-state index contributed by atoms with van der Waals surface area (Å²) < 4.78 is 13.9. The van der Waals surface area contributed by atoms with Crippen LogP contribution in [-0.4, -0.2) is 23.7 Å². The summed E-state index contributed by atoms with van der Waals surface area (Å²) in [7, 11) is 1.92. The van der Waals surface area contributed by atoms with Crippen molar-refractivity contribution in [2.24, 2.45) is 7.05 Å². The van der Waals surface area contributed by atoms with Crippen LogP contribution in [0.4, 0.5) is 4.39 Å². The molecule has 1 heterocycles. The second-order valence-corrected chi connectivity index (χ2v) is 3.65. The molecule has 0 aliphatic rings. The molecule has 4 heteroatoms. The van der Waals surface area contributed by atoms with Crippen LogP contribution >= 0.6 is 0 Å². The highest BCUT2D eigenvalue weighted by molar-refractivity contribution is 5.98. The first-order valence-corrected chi connectivity index (χ1v) is 5.11. The maximum atomic E-state index is 11.9. The van der Waals surface area contributed by atoms with Crippen LogP contribution in [0.3, 0.4) is 0 Å². The van der Waals surface area contributed by atoms with Gasteiger partial charge in [0.1, 0.15) is 6.67 Å². The van der Waals surface area contributed by atoms with Crippen molar-refractivity contribution in [2.75, 3.05) is 13.2 Å². The molecule has 0 atom stereocenters. The Morgan fingerprint density at radius 2 is 2.25 bits per heavy atom. The first kappa shape index (κ1) is 10.7. The van der Waals surface area contributed by atoms with Crippen LogP contribution in [0, 0.1) is 0 Å². The first-order chi connectivity index (χ1) is 7.72. The Morgan fingerprint density at radius 1 is 1.44 bits per heavy atom. The number of carbonyl (C=O) groups is 1. The number of hydrogen-bond donors (Lipinski definition) is 1. The first-order valence-electron chi connectivity index (χ1n) is 5.11. The molecule has 0 bridgehead atoms. The number of rotatable bonds is 3. The van der Waals surface area contributed by atoms with Crippen LogP contribution in [0.2, 0.25) is 0 Å². The minimum Gasteiger partial charge on any atom is -0.351 e. The highest BCUT2D eigenvalue weighted by atomic mass is 19.1. The second-order valence-electron chi connectivity index (χ2n) is 3.65. The molecule has 0 saturated heterocycles. The van der Waals surface area contributed by atoms with E-state index in [1.54, 1.807) is 6.07 Å². The number of hydrogen-bond acceptors (Lipinski definition) is 1. The molecule has 84 valence electrons. The lowest BCUT2D eigenvalue weighted by molar-refractivity contribution is 0.0951. The summed E-state index contributed by atoms with van der Waals surface area (Å²) >= 11 is 0. The van der Waals surface area contributed by atoms with Gasteiger partial charge in [-0.15, -0.1) is 0 Å². The molecule has 0 aliphatic heterocycles. The molecule has 2 rings (SSSR count). The molecular weight excluding hydrogens is 207 g/mol. The van der Waals surface area contributed by atoms with Crippen molar-refractivity contribution in [2.45, 2.75) is 0 Å². The third-order valence-corrected chi connectivity index (χ3v) is 2.53. The zero-order valence-electron chi connectivity index (χ0n) is 9.03. The van der Waals surface area contributed by atoms with E-state index in [0.717, 1.165) is 10.9 Å². The van der Waals surface area contributed by atoms with E-state index in [2.05, 4.69) is 5.32 Å². The predicted molar refractivity (Wildman–Crippen MR) is 61.2 cm³/mol. The number of carbonyl (C=O) groups excluding carboxylic acids is 1. The molecule has 3 nitrogen and oxygen atoms in total. The number of nitrogens with one attached hydrogen (secondary N) is 1. The van der Waals surface area contributed by atoms with Gasteiger partial charge in [0.15, 0.2) is 0 Å². The lowest BCUT2D eigenvalue weighted by atomic mass is 10.1. The number of fused-ring (bicyclic) bond motifs is 1. The van der Waals surface area contributed by atoms with Crippen LogP contribution in [0.1, 0.15) is 10.4 Å². The van der Waals surface area contributed by atoms with Crippen LogP contribution in [0.25, 0.3) is 10.9 Å².